The summed E-state index contributed by atoms with van der Waals surface area (Å²) in [6, 6.07) is 11.4. The first-order valence-electron chi connectivity index (χ1n) is 10.4. The van der Waals surface area contributed by atoms with E-state index >= 15 is 0 Å². The molecule has 1 saturated heterocycles. The van der Waals surface area contributed by atoms with Gasteiger partial charge in [-0.15, -0.1) is 0 Å². The first-order valence-corrected chi connectivity index (χ1v) is 10.4. The Balaban J connectivity index is 1.50. The number of methoxy groups -OCH3 is 1. The Hall–Kier alpha value is -2.86. The van der Waals surface area contributed by atoms with Crippen LogP contribution in [-0.4, -0.2) is 45.7 Å². The van der Waals surface area contributed by atoms with E-state index in [1.807, 2.05) is 30.3 Å². The number of benzene rings is 2. The summed E-state index contributed by atoms with van der Waals surface area (Å²) >= 11 is 0. The van der Waals surface area contributed by atoms with Crippen LogP contribution in [0.5, 0.6) is 11.5 Å². The van der Waals surface area contributed by atoms with Gasteiger partial charge in [0.05, 0.1) is 32.5 Å². The van der Waals surface area contributed by atoms with E-state index in [1.54, 1.807) is 20.2 Å². The maximum absolute atomic E-state index is 13.1. The molecule has 2 unspecified atom stereocenters. The Labute approximate surface area is 175 Å². The molecule has 1 aliphatic carbocycles. The number of amides is 1. The fraction of sp³-hybridized carbons (Fsp3) is 0.417. The molecule has 156 valence electrons. The number of hydrogen-bond acceptors (Lipinski definition) is 5. The first-order chi connectivity index (χ1) is 14.6. The molecule has 1 saturated carbocycles. The van der Waals surface area contributed by atoms with Gasteiger partial charge in [-0.1, -0.05) is 12.1 Å². The molecule has 30 heavy (non-hydrogen) atoms. The minimum absolute atomic E-state index is 0.0556. The maximum atomic E-state index is 13.1. The highest BCUT2D eigenvalue weighted by molar-refractivity contribution is 6.03. The lowest BCUT2D eigenvalue weighted by Gasteiger charge is -2.13. The van der Waals surface area contributed by atoms with Gasteiger partial charge in [0.2, 0.25) is 0 Å². The van der Waals surface area contributed by atoms with Gasteiger partial charge in [-0.25, -0.2) is 0 Å². The smallest absolute Gasteiger partial charge is 0.254 e. The van der Waals surface area contributed by atoms with E-state index < -0.39 is 0 Å². The van der Waals surface area contributed by atoms with Crippen LogP contribution in [0.25, 0.3) is 0 Å². The summed E-state index contributed by atoms with van der Waals surface area (Å²) < 4.78 is 16.8. The van der Waals surface area contributed by atoms with Gasteiger partial charge in [0.15, 0.2) is 5.78 Å². The van der Waals surface area contributed by atoms with Gasteiger partial charge in [-0.05, 0) is 47.6 Å². The molecule has 5 rings (SSSR count). The van der Waals surface area contributed by atoms with Crippen molar-refractivity contribution in [2.24, 2.45) is 17.8 Å². The number of rotatable bonds is 6. The van der Waals surface area contributed by atoms with E-state index in [9.17, 15) is 9.59 Å². The molecule has 6 nitrogen and oxygen atoms in total. The zero-order valence-corrected chi connectivity index (χ0v) is 17.1. The Morgan fingerprint density at radius 3 is 2.67 bits per heavy atom. The molecule has 2 aromatic rings. The zero-order valence-electron chi connectivity index (χ0n) is 17.1. The van der Waals surface area contributed by atoms with E-state index in [0.717, 1.165) is 30.1 Å². The van der Waals surface area contributed by atoms with Crippen molar-refractivity contribution >= 4 is 11.7 Å². The summed E-state index contributed by atoms with van der Waals surface area (Å²) in [4.78, 5) is 25.6. The van der Waals surface area contributed by atoms with Crippen molar-refractivity contribution in [3.63, 3.8) is 0 Å². The van der Waals surface area contributed by atoms with Gasteiger partial charge < -0.3 is 19.5 Å². The summed E-state index contributed by atoms with van der Waals surface area (Å²) in [7, 11) is 3.22. The summed E-state index contributed by atoms with van der Waals surface area (Å²) in [5, 5.41) is 2.67. The second-order valence-corrected chi connectivity index (χ2v) is 8.32. The Morgan fingerprint density at radius 2 is 1.93 bits per heavy atom. The molecule has 0 radical (unpaired) electrons. The average molecular weight is 407 g/mol. The number of carbonyl (C=O) groups excluding carboxylic acids is 2. The minimum atomic E-state index is -0.246. The van der Waals surface area contributed by atoms with Gasteiger partial charge in [-0.3, -0.25) is 9.59 Å². The Morgan fingerprint density at radius 1 is 1.13 bits per heavy atom. The molecule has 2 aromatic carbocycles. The molecule has 2 fully saturated rings. The molecule has 0 aromatic heterocycles. The third kappa shape index (κ3) is 3.16. The molecule has 2 aliphatic heterocycles. The molecular weight excluding hydrogens is 382 g/mol. The van der Waals surface area contributed by atoms with Crippen LogP contribution in [0.15, 0.2) is 36.4 Å². The van der Waals surface area contributed by atoms with Crippen LogP contribution in [-0.2, 0) is 4.74 Å². The van der Waals surface area contributed by atoms with Crippen molar-refractivity contribution in [2.45, 2.75) is 12.3 Å². The summed E-state index contributed by atoms with van der Waals surface area (Å²) in [6.07, 6.45) is 0.509. The number of fused-ring (bicyclic) bond motifs is 2. The molecule has 1 amide bonds. The van der Waals surface area contributed by atoms with E-state index in [-0.39, 0.29) is 17.6 Å². The normalized spacial score (nSPS) is 25.8. The summed E-state index contributed by atoms with van der Waals surface area (Å²) in [5.74, 6) is 2.57. The van der Waals surface area contributed by atoms with Gasteiger partial charge in [0.1, 0.15) is 11.5 Å². The number of nitrogens with one attached hydrogen (secondary N) is 1. The number of carbonyl (C=O) groups is 2. The molecule has 4 atom stereocenters. The lowest BCUT2D eigenvalue weighted by molar-refractivity contribution is 0.0950. The highest BCUT2D eigenvalue weighted by atomic mass is 16.5. The fourth-order valence-electron chi connectivity index (χ4n) is 4.92. The third-order valence-corrected chi connectivity index (χ3v) is 6.73. The van der Waals surface area contributed by atoms with Crippen LogP contribution in [0, 0.1) is 17.8 Å². The number of Topliss-reactive ketones (excluding diaryl/α,β-unsaturated/α-hetero) is 1. The Kier molecular flexibility index (Phi) is 4.74. The second kappa shape index (κ2) is 7.43. The molecule has 2 heterocycles. The molecule has 0 spiro atoms. The topological polar surface area (TPSA) is 73.9 Å². The summed E-state index contributed by atoms with van der Waals surface area (Å²) in [5.41, 5.74) is 2.92. The lowest BCUT2D eigenvalue weighted by Crippen LogP contribution is -2.19. The Bertz CT molecular complexity index is 1010. The highest BCUT2D eigenvalue weighted by Gasteiger charge is 2.54. The average Bonchev–Trinajstić information content (AvgIpc) is 3.15. The number of hydrogen-bond donors (Lipinski definition) is 1. The molecular formula is C24H25NO5. The fourth-order valence-corrected chi connectivity index (χ4v) is 4.92. The van der Waals surface area contributed by atoms with Crippen LogP contribution >= 0.6 is 0 Å². The summed E-state index contributed by atoms with van der Waals surface area (Å²) in [6.45, 7) is 1.96. The predicted octanol–water partition coefficient (Wildman–Crippen LogP) is 3.04. The third-order valence-electron chi connectivity index (χ3n) is 6.73. The van der Waals surface area contributed by atoms with Crippen molar-refractivity contribution in [3.05, 3.63) is 58.7 Å². The van der Waals surface area contributed by atoms with Crippen molar-refractivity contribution in [3.8, 4) is 11.5 Å². The van der Waals surface area contributed by atoms with Crippen molar-refractivity contribution in [2.75, 3.05) is 34.0 Å². The standard InChI is InChI=1S/C24H25NO5/c1-25-24(27)18-8-14(22(26)9-16-20-10-29-11-21(16)20)7-17-19(12-30-23(17)18)13-4-3-5-15(6-13)28-2/h3-8,16,19-21H,9-12H2,1-2H3,(H,25,27)/t16?,19?,20-,21+. The maximum Gasteiger partial charge on any atom is 0.254 e. The molecule has 0 bridgehead atoms. The van der Waals surface area contributed by atoms with Crippen LogP contribution in [0.3, 0.4) is 0 Å². The minimum Gasteiger partial charge on any atom is -0.497 e. The van der Waals surface area contributed by atoms with Crippen molar-refractivity contribution < 1.29 is 23.8 Å². The van der Waals surface area contributed by atoms with Gasteiger partial charge in [-0.2, -0.15) is 0 Å². The monoisotopic (exact) mass is 407 g/mol. The number of ketones is 1. The quantitative estimate of drug-likeness (QED) is 0.745. The van der Waals surface area contributed by atoms with E-state index in [2.05, 4.69) is 5.32 Å². The largest absolute Gasteiger partial charge is 0.497 e. The molecule has 6 heteroatoms. The van der Waals surface area contributed by atoms with Gasteiger partial charge in [0, 0.05) is 30.5 Å². The van der Waals surface area contributed by atoms with E-state index in [4.69, 9.17) is 14.2 Å². The SMILES string of the molecule is CNC(=O)c1cc(C(=O)CC2[C@H]3COC[C@@H]23)cc2c1OCC2c1cccc(OC)c1. The van der Waals surface area contributed by atoms with Gasteiger partial charge >= 0.3 is 0 Å². The van der Waals surface area contributed by atoms with E-state index in [0.29, 0.717) is 47.7 Å². The lowest BCUT2D eigenvalue weighted by atomic mass is 9.89. The van der Waals surface area contributed by atoms with E-state index in [1.165, 1.54) is 0 Å². The van der Waals surface area contributed by atoms with Crippen LogP contribution in [0.1, 0.15) is 44.2 Å². The van der Waals surface area contributed by atoms with Crippen molar-refractivity contribution in [1.82, 2.24) is 5.32 Å². The van der Waals surface area contributed by atoms with Gasteiger partial charge in [0.25, 0.3) is 5.91 Å². The predicted molar refractivity (Wildman–Crippen MR) is 110 cm³/mol. The van der Waals surface area contributed by atoms with Crippen molar-refractivity contribution in [1.29, 1.82) is 0 Å². The van der Waals surface area contributed by atoms with Crippen LogP contribution in [0.4, 0.5) is 0 Å². The first kappa shape index (κ1) is 19.1. The second-order valence-electron chi connectivity index (χ2n) is 8.32. The highest BCUT2D eigenvalue weighted by Crippen LogP contribution is 2.53. The van der Waals surface area contributed by atoms with Crippen LogP contribution < -0.4 is 14.8 Å². The molecule has 3 aliphatic rings. The molecule has 1 N–H and O–H groups in total. The van der Waals surface area contributed by atoms with Crippen LogP contribution in [0.2, 0.25) is 0 Å². The zero-order chi connectivity index (χ0) is 20.8. The number of ether oxygens (including phenoxy) is 3.